The van der Waals surface area contributed by atoms with Crippen molar-refractivity contribution >= 4 is 79.6 Å². The number of hydrogen-bond donors (Lipinski definition) is 0. The van der Waals surface area contributed by atoms with Gasteiger partial charge in [0.1, 0.15) is 23.2 Å². The summed E-state index contributed by atoms with van der Waals surface area (Å²) in [5.74, 6) is 0.893. The third-order valence-corrected chi connectivity index (χ3v) is 9.42. The molecule has 0 aromatic heterocycles. The summed E-state index contributed by atoms with van der Waals surface area (Å²) >= 11 is 13.0. The molecule has 0 N–H and O–H groups in total. The number of rotatable bonds is 5. The van der Waals surface area contributed by atoms with E-state index in [0.717, 1.165) is 5.92 Å². The van der Waals surface area contributed by atoms with Crippen LogP contribution in [0.5, 0.6) is 0 Å². The van der Waals surface area contributed by atoms with Crippen molar-refractivity contribution in [2.45, 2.75) is 12.8 Å². The molecule has 0 nitrogen and oxygen atoms in total. The molecule has 0 atom stereocenters. The van der Waals surface area contributed by atoms with Crippen LogP contribution >= 0.6 is 63.7 Å². The van der Waals surface area contributed by atoms with E-state index >= 15 is 0 Å². The standard InChI is InChI=1S/C22H22P.4BrH.Fe/c1-4-10-20(11-5-1)23(18-19-16-17-19,21-12-6-2-7-13-21)22-14-8-3-9-15-22;;;;;/h1-15,19H,16-18H2;4*1H;/q+1;;;;;+3/p-4. The van der Waals surface area contributed by atoms with Gasteiger partial charge in [-0.2, -0.15) is 0 Å². The second-order valence-corrected chi connectivity index (χ2v) is 43.7. The van der Waals surface area contributed by atoms with Crippen LogP contribution in [-0.2, 0) is 5.61 Å². The van der Waals surface area contributed by atoms with E-state index in [2.05, 4.69) is 147 Å². The van der Waals surface area contributed by atoms with Crippen LogP contribution in [0.3, 0.4) is 0 Å². The zero-order valence-corrected chi connectivity index (χ0v) is 23.5. The van der Waals surface area contributed by atoms with Crippen molar-refractivity contribution in [1.29, 1.82) is 0 Å². The molecule has 28 heavy (non-hydrogen) atoms. The Bertz CT molecular complexity index is 747. The predicted octanol–water partition coefficient (Wildman–Crippen LogP) is 7.77. The molecule has 0 aliphatic heterocycles. The summed E-state index contributed by atoms with van der Waals surface area (Å²) < 4.78 is 0. The Morgan fingerprint density at radius 1 is 0.607 bits per heavy atom. The Morgan fingerprint density at radius 3 is 1.14 bits per heavy atom. The van der Waals surface area contributed by atoms with Gasteiger partial charge in [0.05, 0.1) is 6.16 Å². The molecule has 0 saturated heterocycles. The quantitative estimate of drug-likeness (QED) is 0.190. The van der Waals surface area contributed by atoms with Gasteiger partial charge in [-0.05, 0) is 55.2 Å². The first kappa shape index (κ1) is 23.2. The SMILES string of the molecule is [Br][Fe-]([Br])([Br])[Br].c1ccc([P+](CC2CC2)(c2ccccc2)c2ccccc2)cc1. The molecule has 1 aliphatic carbocycles. The van der Waals surface area contributed by atoms with E-state index in [9.17, 15) is 0 Å². The molecule has 1 fully saturated rings. The van der Waals surface area contributed by atoms with Crippen molar-refractivity contribution in [3.05, 3.63) is 91.0 Å². The van der Waals surface area contributed by atoms with Crippen LogP contribution in [0.15, 0.2) is 91.0 Å². The van der Waals surface area contributed by atoms with Gasteiger partial charge >= 0.3 is 62.1 Å². The van der Waals surface area contributed by atoms with Crippen molar-refractivity contribution in [1.82, 2.24) is 0 Å². The first-order valence-electron chi connectivity index (χ1n) is 8.98. The van der Waals surface area contributed by atoms with Gasteiger partial charge in [0.25, 0.3) is 0 Å². The molecular weight excluding hydrogens is 671 g/mol. The molecular formula is C22H22Br4FeP. The molecule has 0 amide bonds. The van der Waals surface area contributed by atoms with E-state index < -0.39 is 12.9 Å². The van der Waals surface area contributed by atoms with Gasteiger partial charge < -0.3 is 0 Å². The maximum absolute atomic E-state index is 3.25. The molecule has 0 unspecified atom stereocenters. The Balaban J connectivity index is 0.000000403. The molecule has 151 valence electrons. The second kappa shape index (κ2) is 10.7. The van der Waals surface area contributed by atoms with E-state index in [1.165, 1.54) is 34.9 Å². The van der Waals surface area contributed by atoms with Gasteiger partial charge in [-0.15, -0.1) is 0 Å². The number of benzene rings is 3. The number of halogens is 4. The first-order chi connectivity index (χ1) is 13.4. The summed E-state index contributed by atoms with van der Waals surface area (Å²) in [6.45, 7) is 0. The van der Waals surface area contributed by atoms with Gasteiger partial charge in [0.15, 0.2) is 0 Å². The monoisotopic (exact) mass is 689 g/mol. The molecule has 4 rings (SSSR count). The summed E-state index contributed by atoms with van der Waals surface area (Å²) in [6, 6.07) is 33.6. The van der Waals surface area contributed by atoms with Gasteiger partial charge in [-0.1, -0.05) is 54.6 Å². The Hall–Kier alpha value is 0.529. The van der Waals surface area contributed by atoms with Crippen molar-refractivity contribution in [3.63, 3.8) is 0 Å². The van der Waals surface area contributed by atoms with Crippen LogP contribution in [0.2, 0.25) is 0 Å². The minimum Gasteiger partial charge on any atom is -0.0620 e. The largest absolute Gasteiger partial charge is 0.112 e. The van der Waals surface area contributed by atoms with Crippen molar-refractivity contribution in [2.75, 3.05) is 6.16 Å². The average molecular weight is 693 g/mol. The van der Waals surface area contributed by atoms with Crippen LogP contribution in [0.1, 0.15) is 12.8 Å². The third kappa shape index (κ3) is 6.77. The van der Waals surface area contributed by atoms with Crippen LogP contribution < -0.4 is 15.9 Å². The second-order valence-electron chi connectivity index (χ2n) is 6.75. The fourth-order valence-corrected chi connectivity index (χ4v) is 8.21. The predicted molar refractivity (Wildman–Crippen MR) is 138 cm³/mol. The van der Waals surface area contributed by atoms with Crippen LogP contribution in [0, 0.1) is 5.92 Å². The zero-order valence-electron chi connectivity index (χ0n) is 15.2. The van der Waals surface area contributed by atoms with Crippen molar-refractivity contribution in [2.24, 2.45) is 5.92 Å². The summed E-state index contributed by atoms with van der Waals surface area (Å²) in [4.78, 5) is 0. The molecule has 0 radical (unpaired) electrons. The molecule has 1 aliphatic rings. The minimum atomic E-state index is -1.55. The fraction of sp³-hybridized carbons (Fsp3) is 0.182. The fourth-order valence-electron chi connectivity index (χ4n) is 3.50. The van der Waals surface area contributed by atoms with Crippen LogP contribution in [0.4, 0.5) is 0 Å². The summed E-state index contributed by atoms with van der Waals surface area (Å²) in [5, 5.41) is 4.55. The Morgan fingerprint density at radius 2 is 0.893 bits per heavy atom. The van der Waals surface area contributed by atoms with E-state index in [0.29, 0.717) is 0 Å². The maximum Gasteiger partial charge on any atom is 0.112 e. The van der Waals surface area contributed by atoms with Gasteiger partial charge in [-0.25, -0.2) is 0 Å². The van der Waals surface area contributed by atoms with E-state index in [4.69, 9.17) is 0 Å². The first-order valence-corrected chi connectivity index (χ1v) is 21.9. The smallest absolute Gasteiger partial charge is 0.0620 e. The van der Waals surface area contributed by atoms with Crippen LogP contribution in [-0.4, -0.2) is 6.16 Å². The molecule has 0 bridgehead atoms. The van der Waals surface area contributed by atoms with E-state index in [1.54, 1.807) is 0 Å². The van der Waals surface area contributed by atoms with Gasteiger partial charge in [0, 0.05) is 0 Å². The maximum atomic E-state index is 3.25. The van der Waals surface area contributed by atoms with Crippen molar-refractivity contribution < 1.29 is 5.61 Å². The van der Waals surface area contributed by atoms with E-state index in [-0.39, 0.29) is 0 Å². The Labute approximate surface area is 199 Å². The van der Waals surface area contributed by atoms with Gasteiger partial charge in [-0.3, -0.25) is 0 Å². The summed E-state index contributed by atoms with van der Waals surface area (Å²) in [6.07, 6.45) is 4.10. The molecule has 1 saturated carbocycles. The topological polar surface area (TPSA) is 0 Å². The summed E-state index contributed by atoms with van der Waals surface area (Å²) in [7, 11) is -1.55. The van der Waals surface area contributed by atoms with E-state index in [1.807, 2.05) is 0 Å². The third-order valence-electron chi connectivity index (χ3n) is 4.82. The summed E-state index contributed by atoms with van der Waals surface area (Å²) in [5.41, 5.74) is -1.25. The molecule has 3 aromatic rings. The minimum absolute atomic E-state index is 0.893. The average Bonchev–Trinajstić information content (AvgIpc) is 3.51. The molecule has 0 spiro atoms. The molecule has 3 aromatic carbocycles. The number of hydrogen-bond acceptors (Lipinski definition) is 0. The normalized spacial score (nSPS) is 14.7. The van der Waals surface area contributed by atoms with Crippen LogP contribution in [0.25, 0.3) is 0 Å². The molecule has 0 heterocycles. The van der Waals surface area contributed by atoms with Gasteiger partial charge in [0.2, 0.25) is 0 Å². The zero-order chi connectivity index (χ0) is 20.0. The Kier molecular flexibility index (Phi) is 8.88. The van der Waals surface area contributed by atoms with Crippen molar-refractivity contribution in [3.8, 4) is 0 Å². The molecule has 6 heteroatoms.